The van der Waals surface area contributed by atoms with Crippen molar-refractivity contribution in [3.8, 4) is 0 Å². The van der Waals surface area contributed by atoms with Crippen molar-refractivity contribution in [2.75, 3.05) is 13.1 Å². The number of nitrogens with two attached hydrogens (primary N) is 1. The van der Waals surface area contributed by atoms with Crippen molar-refractivity contribution in [3.05, 3.63) is 48.0 Å². The first-order valence-electron chi connectivity index (χ1n) is 10.1. The second-order valence-corrected chi connectivity index (χ2v) is 7.39. The fourth-order valence-electron chi connectivity index (χ4n) is 3.33. The van der Waals surface area contributed by atoms with Gasteiger partial charge >= 0.3 is 5.97 Å². The molecule has 1 aromatic rings. The average Bonchev–Trinajstić information content (AvgIpc) is 3.07. The third-order valence-corrected chi connectivity index (χ3v) is 5.04. The van der Waals surface area contributed by atoms with Gasteiger partial charge in [0.25, 0.3) is 11.8 Å². The third-order valence-electron chi connectivity index (χ3n) is 5.04. The van der Waals surface area contributed by atoms with Crippen molar-refractivity contribution in [3.63, 3.8) is 0 Å². The highest BCUT2D eigenvalue weighted by molar-refractivity contribution is 6.12. The van der Waals surface area contributed by atoms with Gasteiger partial charge in [-0.05, 0) is 31.2 Å². The van der Waals surface area contributed by atoms with Crippen LogP contribution in [0.15, 0.2) is 42.5 Å². The van der Waals surface area contributed by atoms with E-state index < -0.39 is 23.8 Å². The van der Waals surface area contributed by atoms with Crippen LogP contribution in [-0.2, 0) is 30.4 Å². The SMILES string of the molecule is NCC(=O)C[C@@H](Cc1ccccc1)C(=O)N[C@@H](CCCCN1C(=O)C=CC1=O)C(=O)O. The van der Waals surface area contributed by atoms with Crippen LogP contribution < -0.4 is 11.1 Å². The first kappa shape index (κ1) is 23.9. The molecular formula is C22H27N3O6. The van der Waals surface area contributed by atoms with E-state index in [0.717, 1.165) is 10.5 Å². The van der Waals surface area contributed by atoms with Crippen LogP contribution in [0.3, 0.4) is 0 Å². The lowest BCUT2D eigenvalue weighted by molar-refractivity contribution is -0.143. The van der Waals surface area contributed by atoms with E-state index in [1.54, 1.807) is 0 Å². The van der Waals surface area contributed by atoms with E-state index in [1.165, 1.54) is 12.2 Å². The number of hydrogen-bond acceptors (Lipinski definition) is 6. The van der Waals surface area contributed by atoms with Gasteiger partial charge in [0, 0.05) is 31.0 Å². The fraction of sp³-hybridized carbons (Fsp3) is 0.409. The molecule has 0 radical (unpaired) electrons. The second kappa shape index (κ2) is 11.8. The molecule has 0 saturated carbocycles. The summed E-state index contributed by atoms with van der Waals surface area (Å²) in [6.45, 7) is -0.00366. The Hall–Kier alpha value is -3.33. The molecule has 0 bridgehead atoms. The lowest BCUT2D eigenvalue weighted by atomic mass is 9.93. The summed E-state index contributed by atoms with van der Waals surface area (Å²) in [5, 5.41) is 12.0. The Bertz CT molecular complexity index is 834. The van der Waals surface area contributed by atoms with Crippen molar-refractivity contribution in [1.82, 2.24) is 10.2 Å². The number of nitrogens with zero attached hydrogens (tertiary/aromatic N) is 1. The predicted octanol–water partition coefficient (Wildman–Crippen LogP) is 0.428. The number of imide groups is 1. The molecule has 2 rings (SSSR count). The zero-order chi connectivity index (χ0) is 22.8. The van der Waals surface area contributed by atoms with Gasteiger partial charge in [-0.3, -0.25) is 24.1 Å². The first-order valence-corrected chi connectivity index (χ1v) is 10.1. The van der Waals surface area contributed by atoms with Crippen LogP contribution in [0.25, 0.3) is 0 Å². The van der Waals surface area contributed by atoms with Crippen LogP contribution in [0.5, 0.6) is 0 Å². The average molecular weight is 429 g/mol. The monoisotopic (exact) mass is 429 g/mol. The maximum atomic E-state index is 12.8. The van der Waals surface area contributed by atoms with E-state index in [-0.39, 0.29) is 49.9 Å². The number of Topliss-reactive ketones (excluding diaryl/α,β-unsaturated/α-hetero) is 1. The smallest absolute Gasteiger partial charge is 0.326 e. The Labute approximate surface area is 180 Å². The van der Waals surface area contributed by atoms with E-state index in [2.05, 4.69) is 5.32 Å². The minimum atomic E-state index is -1.19. The second-order valence-electron chi connectivity index (χ2n) is 7.39. The van der Waals surface area contributed by atoms with Gasteiger partial charge in [-0.2, -0.15) is 0 Å². The Morgan fingerprint density at radius 3 is 2.26 bits per heavy atom. The van der Waals surface area contributed by atoms with E-state index >= 15 is 0 Å². The van der Waals surface area contributed by atoms with E-state index in [1.807, 2.05) is 30.3 Å². The van der Waals surface area contributed by atoms with E-state index in [0.29, 0.717) is 12.8 Å². The molecule has 0 saturated heterocycles. The summed E-state index contributed by atoms with van der Waals surface area (Å²) in [4.78, 5) is 60.4. The molecule has 1 aliphatic rings. The molecular weight excluding hydrogens is 402 g/mol. The zero-order valence-corrected chi connectivity index (χ0v) is 17.2. The van der Waals surface area contributed by atoms with Crippen LogP contribution in [0.4, 0.5) is 0 Å². The first-order chi connectivity index (χ1) is 14.8. The quantitative estimate of drug-likeness (QED) is 0.304. The van der Waals surface area contributed by atoms with E-state index in [4.69, 9.17) is 5.73 Å². The number of rotatable bonds is 13. The van der Waals surface area contributed by atoms with Gasteiger partial charge in [0.05, 0.1) is 6.54 Å². The molecule has 166 valence electrons. The maximum absolute atomic E-state index is 12.8. The Kier molecular flexibility index (Phi) is 9.08. The number of ketones is 1. The number of carbonyl (C=O) groups is 5. The number of unbranched alkanes of at least 4 members (excludes halogenated alkanes) is 1. The van der Waals surface area contributed by atoms with Gasteiger partial charge in [-0.1, -0.05) is 30.3 Å². The highest BCUT2D eigenvalue weighted by Gasteiger charge is 2.27. The highest BCUT2D eigenvalue weighted by Crippen LogP contribution is 2.15. The molecule has 0 spiro atoms. The summed E-state index contributed by atoms with van der Waals surface area (Å²) >= 11 is 0. The molecule has 9 heteroatoms. The molecule has 1 heterocycles. The topological polar surface area (TPSA) is 147 Å². The Morgan fingerprint density at radius 2 is 1.68 bits per heavy atom. The maximum Gasteiger partial charge on any atom is 0.326 e. The molecule has 1 aliphatic heterocycles. The van der Waals surface area contributed by atoms with Crippen molar-refractivity contribution in [1.29, 1.82) is 0 Å². The highest BCUT2D eigenvalue weighted by atomic mass is 16.4. The molecule has 9 nitrogen and oxygen atoms in total. The number of carboxylic acids is 1. The number of nitrogens with one attached hydrogen (secondary N) is 1. The van der Waals surface area contributed by atoms with Crippen molar-refractivity contribution in [2.24, 2.45) is 11.7 Å². The Balaban J connectivity index is 1.92. The molecule has 3 amide bonds. The van der Waals surface area contributed by atoms with E-state index in [9.17, 15) is 29.1 Å². The molecule has 4 N–H and O–H groups in total. The van der Waals surface area contributed by atoms with Crippen LogP contribution in [0, 0.1) is 5.92 Å². The van der Waals surface area contributed by atoms with Crippen LogP contribution >= 0.6 is 0 Å². The molecule has 1 aromatic carbocycles. The Morgan fingerprint density at radius 1 is 1.03 bits per heavy atom. The van der Waals surface area contributed by atoms with Gasteiger partial charge in [0.2, 0.25) is 5.91 Å². The molecule has 0 aliphatic carbocycles. The number of carbonyl (C=O) groups excluding carboxylic acids is 4. The normalized spacial score (nSPS) is 15.1. The summed E-state index contributed by atoms with van der Waals surface area (Å²) in [5.74, 6) is -3.50. The molecule has 0 unspecified atom stereocenters. The van der Waals surface area contributed by atoms with Crippen LogP contribution in [0.1, 0.15) is 31.2 Å². The van der Waals surface area contributed by atoms with Crippen LogP contribution in [0.2, 0.25) is 0 Å². The molecule has 31 heavy (non-hydrogen) atoms. The minimum Gasteiger partial charge on any atom is -0.480 e. The van der Waals surface area contributed by atoms with Crippen molar-refractivity contribution < 1.29 is 29.1 Å². The number of benzene rings is 1. The van der Waals surface area contributed by atoms with Crippen LogP contribution in [-0.4, -0.2) is 58.6 Å². The summed E-state index contributed by atoms with van der Waals surface area (Å²) in [5.41, 5.74) is 6.24. The lowest BCUT2D eigenvalue weighted by Crippen LogP contribution is -2.45. The number of carboxylic acid groups (broad SMARTS) is 1. The minimum absolute atomic E-state index is 0.0737. The number of amides is 3. The molecule has 2 atom stereocenters. The number of aliphatic carboxylic acids is 1. The third kappa shape index (κ3) is 7.45. The largest absolute Gasteiger partial charge is 0.480 e. The summed E-state index contributed by atoms with van der Waals surface area (Å²) in [6, 6.07) is 8.00. The van der Waals surface area contributed by atoms with Gasteiger partial charge < -0.3 is 16.2 Å². The molecule has 0 aromatic heterocycles. The van der Waals surface area contributed by atoms with Crippen molar-refractivity contribution in [2.45, 2.75) is 38.1 Å². The van der Waals surface area contributed by atoms with Gasteiger partial charge in [-0.15, -0.1) is 0 Å². The summed E-state index contributed by atoms with van der Waals surface area (Å²) in [6.07, 6.45) is 3.54. The van der Waals surface area contributed by atoms with Gasteiger partial charge in [0.15, 0.2) is 0 Å². The standard InChI is InChI=1S/C22H27N3O6/c23-14-17(26)13-16(12-15-6-2-1-3-7-15)21(29)24-18(22(30)31)8-4-5-11-25-19(27)9-10-20(25)28/h1-3,6-7,9-10,16,18H,4-5,8,11-14,23H2,(H,24,29)(H,30,31)/t16-,18+/m1/s1. The predicted molar refractivity (Wildman–Crippen MR) is 112 cm³/mol. The number of hydrogen-bond donors (Lipinski definition) is 3. The van der Waals surface area contributed by atoms with Gasteiger partial charge in [-0.25, -0.2) is 4.79 Å². The summed E-state index contributed by atoms with van der Waals surface area (Å²) < 4.78 is 0. The fourth-order valence-corrected chi connectivity index (χ4v) is 3.33. The zero-order valence-electron chi connectivity index (χ0n) is 17.2. The molecule has 0 fully saturated rings. The summed E-state index contributed by atoms with van der Waals surface area (Å²) in [7, 11) is 0. The van der Waals surface area contributed by atoms with Gasteiger partial charge in [0.1, 0.15) is 11.8 Å². The van der Waals surface area contributed by atoms with Crippen molar-refractivity contribution >= 4 is 29.5 Å². The lowest BCUT2D eigenvalue weighted by Gasteiger charge is -2.20.